The van der Waals surface area contributed by atoms with Gasteiger partial charge in [-0.05, 0) is 84.6 Å². The summed E-state index contributed by atoms with van der Waals surface area (Å²) in [6, 6.07) is 28.1. The number of ether oxygens (including phenoxy) is 2. The van der Waals surface area contributed by atoms with Gasteiger partial charge < -0.3 is 19.4 Å². The number of nitrogens with one attached hydrogen (secondary N) is 2. The third-order valence-corrected chi connectivity index (χ3v) is 8.72. The third-order valence-electron chi connectivity index (χ3n) is 7.50. The summed E-state index contributed by atoms with van der Waals surface area (Å²) < 4.78 is 10.8. The monoisotopic (exact) mass is 594 g/mol. The molecule has 0 radical (unpaired) electrons. The maximum Gasteiger partial charge on any atom is 0.338 e. The van der Waals surface area contributed by atoms with Gasteiger partial charge in [-0.2, -0.15) is 0 Å². The Morgan fingerprint density at radius 3 is 1.40 bits per heavy atom. The Morgan fingerprint density at radius 2 is 1.05 bits per heavy atom. The van der Waals surface area contributed by atoms with Crippen molar-refractivity contribution in [1.29, 1.82) is 0 Å². The van der Waals surface area contributed by atoms with Gasteiger partial charge in [-0.3, -0.25) is 0 Å². The molecule has 222 valence electrons. The average Bonchev–Trinajstić information content (AvgIpc) is 3.84. The van der Waals surface area contributed by atoms with Crippen LogP contribution in [0.2, 0.25) is 0 Å². The maximum atomic E-state index is 12.5. The Kier molecular flexibility index (Phi) is 10.3. The first-order valence-electron chi connectivity index (χ1n) is 15.0. The van der Waals surface area contributed by atoms with Crippen molar-refractivity contribution in [2.45, 2.75) is 51.4 Å². The number of hydrogen-bond donors (Lipinski definition) is 2. The van der Waals surface area contributed by atoms with Gasteiger partial charge in [0.2, 0.25) is 0 Å². The lowest BCUT2D eigenvalue weighted by Gasteiger charge is -2.17. The molecule has 0 aliphatic rings. The van der Waals surface area contributed by atoms with Crippen LogP contribution in [-0.4, -0.2) is 35.1 Å². The molecule has 0 fully saturated rings. The minimum atomic E-state index is -0.288. The number of hydrogen-bond acceptors (Lipinski definition) is 5. The van der Waals surface area contributed by atoms with Crippen LogP contribution in [0.3, 0.4) is 0 Å². The van der Waals surface area contributed by atoms with E-state index in [0.717, 1.165) is 48.2 Å². The van der Waals surface area contributed by atoms with Gasteiger partial charge in [0.1, 0.15) is 0 Å². The molecule has 43 heavy (non-hydrogen) atoms. The van der Waals surface area contributed by atoms with Gasteiger partial charge in [-0.25, -0.2) is 9.59 Å². The Bertz CT molecular complexity index is 1450. The normalized spacial score (nSPS) is 12.5. The summed E-state index contributed by atoms with van der Waals surface area (Å²) in [7, 11) is 0. The minimum absolute atomic E-state index is 0.0246. The summed E-state index contributed by atoms with van der Waals surface area (Å²) in [5, 5.41) is 0. The van der Waals surface area contributed by atoms with Crippen LogP contribution in [0.15, 0.2) is 97.3 Å². The molecule has 0 aliphatic heterocycles. The van der Waals surface area contributed by atoms with Gasteiger partial charge in [-0.1, -0.05) is 51.0 Å². The fraction of sp³-hybridized carbons (Fsp3) is 0.278. The fourth-order valence-corrected chi connectivity index (χ4v) is 6.43. The zero-order chi connectivity index (χ0) is 30.0. The van der Waals surface area contributed by atoms with E-state index in [2.05, 4.69) is 48.1 Å². The Morgan fingerprint density at radius 1 is 0.628 bits per heavy atom. The molecule has 3 heterocycles. The van der Waals surface area contributed by atoms with Crippen LogP contribution >= 0.6 is 11.3 Å². The van der Waals surface area contributed by atoms with Crippen molar-refractivity contribution in [2.24, 2.45) is 0 Å². The molecule has 3 aromatic heterocycles. The summed E-state index contributed by atoms with van der Waals surface area (Å²) in [6.45, 7) is 5.02. The molecular weight excluding hydrogens is 556 g/mol. The van der Waals surface area contributed by atoms with Crippen LogP contribution in [0.5, 0.6) is 0 Å². The number of H-pyrrole nitrogens is 2. The number of esters is 2. The van der Waals surface area contributed by atoms with Crippen LogP contribution in [0, 0.1) is 0 Å². The van der Waals surface area contributed by atoms with E-state index < -0.39 is 0 Å². The minimum Gasteiger partial charge on any atom is -0.462 e. The zero-order valence-corrected chi connectivity index (χ0v) is 25.5. The second-order valence-corrected chi connectivity index (χ2v) is 11.7. The molecule has 7 heteroatoms. The van der Waals surface area contributed by atoms with Crippen LogP contribution in [0.4, 0.5) is 0 Å². The maximum absolute atomic E-state index is 12.5. The Hall–Kier alpha value is -4.36. The van der Waals surface area contributed by atoms with Crippen molar-refractivity contribution in [3.05, 3.63) is 141 Å². The van der Waals surface area contributed by atoms with Crippen molar-refractivity contribution >= 4 is 23.3 Å². The van der Waals surface area contributed by atoms with Crippen molar-refractivity contribution < 1.29 is 19.1 Å². The van der Waals surface area contributed by atoms with Crippen LogP contribution in [-0.2, 0) is 9.47 Å². The van der Waals surface area contributed by atoms with Gasteiger partial charge in [0.05, 0.1) is 36.2 Å². The molecule has 2 atom stereocenters. The van der Waals surface area contributed by atoms with E-state index >= 15 is 0 Å². The van der Waals surface area contributed by atoms with Crippen molar-refractivity contribution in [3.63, 3.8) is 0 Å². The number of carbonyl (C=O) groups excluding carboxylic acids is 2. The molecule has 2 aromatic carbocycles. The Labute approximate surface area is 257 Å². The molecule has 0 saturated carbocycles. The first-order valence-corrected chi connectivity index (χ1v) is 15.8. The van der Waals surface area contributed by atoms with Crippen LogP contribution in [0.25, 0.3) is 0 Å². The van der Waals surface area contributed by atoms with Crippen molar-refractivity contribution in [3.8, 4) is 0 Å². The summed E-state index contributed by atoms with van der Waals surface area (Å²) in [4.78, 5) is 34.1. The predicted octanol–water partition coefficient (Wildman–Crippen LogP) is 8.68. The van der Waals surface area contributed by atoms with Gasteiger partial charge in [0, 0.05) is 33.5 Å². The second-order valence-electron chi connectivity index (χ2n) is 10.6. The molecule has 5 rings (SSSR count). The smallest absolute Gasteiger partial charge is 0.338 e. The molecular formula is C36H38N2O4S. The number of aromatic amines is 2. The van der Waals surface area contributed by atoms with Crippen molar-refractivity contribution in [1.82, 2.24) is 9.97 Å². The molecule has 0 saturated heterocycles. The van der Waals surface area contributed by atoms with E-state index in [4.69, 9.17) is 9.47 Å². The number of thiophene rings is 1. The fourth-order valence-electron chi connectivity index (χ4n) is 5.13. The first kappa shape index (κ1) is 30.1. The quantitative estimate of drug-likeness (QED) is 0.0995. The lowest BCUT2D eigenvalue weighted by Crippen LogP contribution is -2.08. The standard InChI is InChI=1S/C36H38N2O4S/c1-3-5-23-41-35(39)27-15-11-25(12-16-27)33(29-9-7-21-37-29)31-19-20-32(43-31)34(30-10-8-22-38-30)26-13-17-28(18-14-26)36(40)42-24-6-4-2/h7-22,33-34,37-38H,3-6,23-24H2,1-2H3. The highest BCUT2D eigenvalue weighted by molar-refractivity contribution is 7.12. The SMILES string of the molecule is CCCCOC(=O)c1ccc(C(c2ccc[nH]2)c2ccc(C(c3ccc(C(=O)OCCCC)cc3)c3ccc[nH]3)s2)cc1. The molecule has 2 N–H and O–H groups in total. The van der Waals surface area contributed by atoms with Gasteiger partial charge in [0.25, 0.3) is 0 Å². The molecule has 2 unspecified atom stereocenters. The van der Waals surface area contributed by atoms with E-state index in [1.165, 1.54) is 9.75 Å². The highest BCUT2D eigenvalue weighted by atomic mass is 32.1. The summed E-state index contributed by atoms with van der Waals surface area (Å²) in [5.74, 6) is -0.625. The van der Waals surface area contributed by atoms with E-state index in [1.807, 2.05) is 73.1 Å². The molecule has 0 spiro atoms. The number of rotatable bonds is 14. The number of benzene rings is 2. The largest absolute Gasteiger partial charge is 0.462 e. The molecule has 6 nitrogen and oxygen atoms in total. The summed E-state index contributed by atoms with van der Waals surface area (Å²) in [6.07, 6.45) is 7.56. The average molecular weight is 595 g/mol. The molecule has 0 amide bonds. The van der Waals surface area contributed by atoms with Gasteiger partial charge in [0.15, 0.2) is 0 Å². The third kappa shape index (κ3) is 7.35. The number of unbranched alkanes of at least 4 members (excludes halogenated alkanes) is 2. The molecule has 0 bridgehead atoms. The summed E-state index contributed by atoms with van der Waals surface area (Å²) in [5.41, 5.74) is 5.44. The van der Waals surface area contributed by atoms with E-state index in [0.29, 0.717) is 24.3 Å². The van der Waals surface area contributed by atoms with Crippen molar-refractivity contribution in [2.75, 3.05) is 13.2 Å². The van der Waals surface area contributed by atoms with Gasteiger partial charge in [-0.15, -0.1) is 11.3 Å². The second kappa shape index (κ2) is 14.7. The van der Waals surface area contributed by atoms with E-state index in [9.17, 15) is 9.59 Å². The topological polar surface area (TPSA) is 84.2 Å². The summed E-state index contributed by atoms with van der Waals surface area (Å²) >= 11 is 1.76. The van der Waals surface area contributed by atoms with E-state index in [1.54, 1.807) is 11.3 Å². The van der Waals surface area contributed by atoms with Gasteiger partial charge >= 0.3 is 11.9 Å². The van der Waals surface area contributed by atoms with Crippen LogP contribution < -0.4 is 0 Å². The highest BCUT2D eigenvalue weighted by Crippen LogP contribution is 2.41. The predicted molar refractivity (Wildman–Crippen MR) is 171 cm³/mol. The zero-order valence-electron chi connectivity index (χ0n) is 24.7. The van der Waals surface area contributed by atoms with Crippen LogP contribution in [0.1, 0.15) is 104 Å². The highest BCUT2D eigenvalue weighted by Gasteiger charge is 2.25. The van der Waals surface area contributed by atoms with E-state index in [-0.39, 0.29) is 23.8 Å². The number of aromatic nitrogens is 2. The number of carbonyl (C=O) groups is 2. The molecule has 5 aromatic rings. The lowest BCUT2D eigenvalue weighted by atomic mass is 9.92. The first-order chi connectivity index (χ1) is 21.1. The Balaban J connectivity index is 1.43. The molecule has 0 aliphatic carbocycles. The lowest BCUT2D eigenvalue weighted by molar-refractivity contribution is 0.0490.